The molecule has 3 nitrogen and oxygen atoms in total. The summed E-state index contributed by atoms with van der Waals surface area (Å²) < 4.78 is 3.38. The number of hydrogen-bond acceptors (Lipinski definition) is 3. The third kappa shape index (κ3) is 2.72. The zero-order valence-electron chi connectivity index (χ0n) is 12.6. The van der Waals surface area contributed by atoms with Gasteiger partial charge in [0.15, 0.2) is 4.96 Å². The molecule has 21 heavy (non-hydrogen) atoms. The highest BCUT2D eigenvalue weighted by Crippen LogP contribution is 2.26. The Bertz CT molecular complexity index is 793. The van der Waals surface area contributed by atoms with Crippen molar-refractivity contribution in [1.82, 2.24) is 9.38 Å². The van der Waals surface area contributed by atoms with Gasteiger partial charge in [-0.25, -0.2) is 4.98 Å². The van der Waals surface area contributed by atoms with Crippen molar-refractivity contribution >= 4 is 37.9 Å². The van der Waals surface area contributed by atoms with E-state index in [1.54, 1.807) is 11.3 Å². The van der Waals surface area contributed by atoms with Crippen LogP contribution < -0.4 is 5.32 Å². The third-order valence-corrected chi connectivity index (χ3v) is 5.79. The largest absolute Gasteiger partial charge is 0.379 e. The molecular formula is C16H18BrN3S. The van der Waals surface area contributed by atoms with E-state index in [1.165, 1.54) is 26.2 Å². The molecule has 0 saturated heterocycles. The predicted octanol–water partition coefficient (Wildman–Crippen LogP) is 5.00. The maximum Gasteiger partial charge on any atom is 0.194 e. The van der Waals surface area contributed by atoms with E-state index in [9.17, 15) is 0 Å². The van der Waals surface area contributed by atoms with Crippen LogP contribution in [-0.2, 0) is 6.54 Å². The molecule has 0 unspecified atom stereocenters. The maximum atomic E-state index is 4.63. The van der Waals surface area contributed by atoms with Crippen molar-refractivity contribution in [3.63, 3.8) is 0 Å². The number of thiazole rings is 1. The van der Waals surface area contributed by atoms with Gasteiger partial charge in [-0.05, 0) is 51.0 Å². The molecule has 0 amide bonds. The molecule has 0 fully saturated rings. The Morgan fingerprint density at radius 1 is 1.19 bits per heavy atom. The van der Waals surface area contributed by atoms with Gasteiger partial charge in [-0.2, -0.15) is 0 Å². The highest BCUT2D eigenvalue weighted by Gasteiger charge is 2.11. The van der Waals surface area contributed by atoms with Crippen LogP contribution in [0.15, 0.2) is 22.8 Å². The van der Waals surface area contributed by atoms with Crippen molar-refractivity contribution in [3.05, 3.63) is 50.2 Å². The highest BCUT2D eigenvalue weighted by molar-refractivity contribution is 9.10. The summed E-state index contributed by atoms with van der Waals surface area (Å²) in [4.78, 5) is 6.99. The van der Waals surface area contributed by atoms with Crippen LogP contribution in [0.3, 0.4) is 0 Å². The number of anilines is 1. The zero-order valence-corrected chi connectivity index (χ0v) is 15.0. The Morgan fingerprint density at radius 3 is 2.52 bits per heavy atom. The molecule has 2 heterocycles. The van der Waals surface area contributed by atoms with Gasteiger partial charge in [0.1, 0.15) is 0 Å². The van der Waals surface area contributed by atoms with Gasteiger partial charge in [-0.1, -0.05) is 15.9 Å². The number of nitrogens with zero attached hydrogens (tertiary/aromatic N) is 2. The number of imidazole rings is 1. The quantitative estimate of drug-likeness (QED) is 0.708. The summed E-state index contributed by atoms with van der Waals surface area (Å²) in [6.45, 7) is 9.21. The van der Waals surface area contributed by atoms with Gasteiger partial charge < -0.3 is 5.32 Å². The summed E-state index contributed by atoms with van der Waals surface area (Å²) in [7, 11) is 0. The highest BCUT2D eigenvalue weighted by atomic mass is 79.9. The number of rotatable bonds is 3. The topological polar surface area (TPSA) is 29.3 Å². The van der Waals surface area contributed by atoms with Gasteiger partial charge in [-0.3, -0.25) is 4.40 Å². The first-order valence-corrected chi connectivity index (χ1v) is 8.51. The Labute approximate surface area is 137 Å². The monoisotopic (exact) mass is 363 g/mol. The van der Waals surface area contributed by atoms with E-state index in [0.29, 0.717) is 0 Å². The van der Waals surface area contributed by atoms with Crippen molar-refractivity contribution in [2.45, 2.75) is 34.2 Å². The number of aromatic nitrogens is 2. The van der Waals surface area contributed by atoms with Gasteiger partial charge in [0.25, 0.3) is 0 Å². The van der Waals surface area contributed by atoms with Crippen molar-refractivity contribution in [3.8, 4) is 0 Å². The Balaban J connectivity index is 1.88. The van der Waals surface area contributed by atoms with Crippen molar-refractivity contribution in [2.24, 2.45) is 0 Å². The van der Waals surface area contributed by atoms with E-state index in [4.69, 9.17) is 0 Å². The lowest BCUT2D eigenvalue weighted by molar-refractivity contribution is 0.990. The molecule has 1 N–H and O–H groups in total. The van der Waals surface area contributed by atoms with Gasteiger partial charge in [0.2, 0.25) is 0 Å². The normalized spacial score (nSPS) is 11.3. The molecule has 110 valence electrons. The van der Waals surface area contributed by atoms with Gasteiger partial charge in [0, 0.05) is 21.2 Å². The molecule has 0 atom stereocenters. The van der Waals surface area contributed by atoms with Gasteiger partial charge in [-0.15, -0.1) is 11.3 Å². The lowest BCUT2D eigenvalue weighted by atomic mass is 10.1. The van der Waals surface area contributed by atoms with Crippen LogP contribution in [0.1, 0.15) is 27.4 Å². The lowest BCUT2D eigenvalue weighted by Crippen LogP contribution is -2.04. The van der Waals surface area contributed by atoms with Crippen LogP contribution in [0.5, 0.6) is 0 Å². The van der Waals surface area contributed by atoms with Crippen molar-refractivity contribution in [2.75, 3.05) is 5.32 Å². The van der Waals surface area contributed by atoms with E-state index < -0.39 is 0 Å². The molecule has 0 aliphatic rings. The van der Waals surface area contributed by atoms with Gasteiger partial charge >= 0.3 is 0 Å². The van der Waals surface area contributed by atoms with Gasteiger partial charge in [0.05, 0.1) is 17.9 Å². The lowest BCUT2D eigenvalue weighted by Gasteiger charge is -2.11. The Hall–Kier alpha value is -1.33. The second-order valence-corrected chi connectivity index (χ2v) is 7.42. The standard InChI is InChI=1S/C16H18BrN3S/c1-9-5-13(6-10(2)15(9)17)18-7-14-12(4)19-16-20(14)8-11(3)21-16/h5-6,8,18H,7H2,1-4H3. The van der Waals surface area contributed by atoms with E-state index in [1.807, 2.05) is 0 Å². The Morgan fingerprint density at radius 2 is 1.86 bits per heavy atom. The first-order chi connectivity index (χ1) is 9.95. The molecule has 0 spiro atoms. The molecule has 5 heteroatoms. The predicted molar refractivity (Wildman–Crippen MR) is 93.5 cm³/mol. The molecule has 0 saturated carbocycles. The fourth-order valence-corrected chi connectivity index (χ4v) is 3.67. The SMILES string of the molecule is Cc1cn2c(CNc3cc(C)c(Br)c(C)c3)c(C)nc2s1. The molecule has 0 aliphatic heterocycles. The number of hydrogen-bond donors (Lipinski definition) is 1. The number of aryl methyl sites for hydroxylation is 4. The minimum absolute atomic E-state index is 0.781. The summed E-state index contributed by atoms with van der Waals surface area (Å²) in [5.41, 5.74) is 5.97. The van der Waals surface area contributed by atoms with E-state index in [0.717, 1.165) is 22.9 Å². The van der Waals surface area contributed by atoms with Crippen LogP contribution in [0.4, 0.5) is 5.69 Å². The number of nitrogens with one attached hydrogen (secondary N) is 1. The second kappa shape index (κ2) is 5.46. The van der Waals surface area contributed by atoms with Crippen molar-refractivity contribution in [1.29, 1.82) is 0 Å². The third-order valence-electron chi connectivity index (χ3n) is 3.64. The minimum atomic E-state index is 0.781. The molecular weight excluding hydrogens is 346 g/mol. The van der Waals surface area contributed by atoms with Crippen LogP contribution >= 0.6 is 27.3 Å². The molecule has 3 aromatic rings. The summed E-state index contributed by atoms with van der Waals surface area (Å²) in [6.07, 6.45) is 2.16. The van der Waals surface area contributed by atoms with E-state index in [2.05, 4.69) is 76.7 Å². The minimum Gasteiger partial charge on any atom is -0.379 e. The average Bonchev–Trinajstić information content (AvgIpc) is 2.89. The zero-order chi connectivity index (χ0) is 15.1. The van der Waals surface area contributed by atoms with Crippen LogP contribution in [0.25, 0.3) is 4.96 Å². The van der Waals surface area contributed by atoms with E-state index >= 15 is 0 Å². The Kier molecular flexibility index (Phi) is 3.80. The molecule has 0 radical (unpaired) electrons. The number of halogens is 1. The molecule has 0 bridgehead atoms. The molecule has 3 rings (SSSR count). The maximum absolute atomic E-state index is 4.63. The van der Waals surface area contributed by atoms with E-state index in [-0.39, 0.29) is 0 Å². The van der Waals surface area contributed by atoms with Crippen LogP contribution in [-0.4, -0.2) is 9.38 Å². The fourth-order valence-electron chi connectivity index (χ4n) is 2.56. The van der Waals surface area contributed by atoms with Crippen LogP contribution in [0.2, 0.25) is 0 Å². The average molecular weight is 364 g/mol. The smallest absolute Gasteiger partial charge is 0.194 e. The summed E-state index contributed by atoms with van der Waals surface area (Å²) in [5, 5.41) is 3.52. The fraction of sp³-hybridized carbons (Fsp3) is 0.312. The number of benzene rings is 1. The van der Waals surface area contributed by atoms with Crippen molar-refractivity contribution < 1.29 is 0 Å². The molecule has 0 aliphatic carbocycles. The van der Waals surface area contributed by atoms with Crippen LogP contribution in [0, 0.1) is 27.7 Å². The number of fused-ring (bicyclic) bond motifs is 1. The molecule has 2 aromatic heterocycles. The summed E-state index contributed by atoms with van der Waals surface area (Å²) in [5.74, 6) is 0. The second-order valence-electron chi connectivity index (χ2n) is 5.42. The first-order valence-electron chi connectivity index (χ1n) is 6.90. The molecule has 1 aromatic carbocycles. The summed E-state index contributed by atoms with van der Waals surface area (Å²) >= 11 is 5.34. The first kappa shape index (κ1) is 14.6. The summed E-state index contributed by atoms with van der Waals surface area (Å²) in [6, 6.07) is 4.34.